The Morgan fingerprint density at radius 3 is 2.68 bits per heavy atom. The van der Waals surface area contributed by atoms with Crippen LogP contribution in [0.3, 0.4) is 0 Å². The minimum Gasteiger partial charge on any atom is -0.394 e. The Hall–Kier alpha value is -2.34. The Kier molecular flexibility index (Phi) is 5.55. The molecule has 6 nitrogen and oxygen atoms in total. The number of carbonyl (C=O) groups excluding carboxylic acids is 1. The van der Waals surface area contributed by atoms with Gasteiger partial charge in [0, 0.05) is 12.7 Å². The number of carbonyl (C=O) groups is 1. The van der Waals surface area contributed by atoms with Gasteiger partial charge in [0.25, 0.3) is 0 Å². The monoisotopic (exact) mass is 302 g/mol. The van der Waals surface area contributed by atoms with Crippen LogP contribution in [-0.4, -0.2) is 27.5 Å². The lowest BCUT2D eigenvalue weighted by Gasteiger charge is -2.16. The summed E-state index contributed by atoms with van der Waals surface area (Å²) in [5, 5.41) is 19.1. The number of benzene rings is 1. The van der Waals surface area contributed by atoms with Crippen molar-refractivity contribution in [3.8, 4) is 0 Å². The number of anilines is 1. The molecule has 2 rings (SSSR count). The molecule has 2 amide bonds. The van der Waals surface area contributed by atoms with Crippen molar-refractivity contribution in [2.45, 2.75) is 26.4 Å². The van der Waals surface area contributed by atoms with E-state index in [-0.39, 0.29) is 12.6 Å². The van der Waals surface area contributed by atoms with Crippen LogP contribution in [0.5, 0.6) is 0 Å². The van der Waals surface area contributed by atoms with E-state index in [2.05, 4.69) is 29.6 Å². The maximum absolute atomic E-state index is 12.0. The van der Waals surface area contributed by atoms with Gasteiger partial charge in [0.15, 0.2) is 0 Å². The summed E-state index contributed by atoms with van der Waals surface area (Å²) in [6.07, 6.45) is 3.40. The zero-order valence-corrected chi connectivity index (χ0v) is 12.9. The Morgan fingerprint density at radius 2 is 2.05 bits per heavy atom. The molecule has 0 saturated heterocycles. The van der Waals surface area contributed by atoms with Crippen molar-refractivity contribution in [1.29, 1.82) is 0 Å². The molecule has 0 aliphatic rings. The van der Waals surface area contributed by atoms with Gasteiger partial charge in [-0.3, -0.25) is 4.68 Å². The second-order valence-electron chi connectivity index (χ2n) is 5.59. The van der Waals surface area contributed by atoms with E-state index >= 15 is 0 Å². The Bertz CT molecular complexity index is 595. The normalized spacial score (nSPS) is 12.2. The molecule has 1 unspecified atom stereocenters. The van der Waals surface area contributed by atoms with Crippen molar-refractivity contribution in [1.82, 2.24) is 15.1 Å². The minimum absolute atomic E-state index is 0.163. The first kappa shape index (κ1) is 16.0. The maximum atomic E-state index is 12.0. The third-order valence-electron chi connectivity index (χ3n) is 3.13. The van der Waals surface area contributed by atoms with Gasteiger partial charge in [0.1, 0.15) is 0 Å². The summed E-state index contributed by atoms with van der Waals surface area (Å²) in [6.45, 7) is 4.84. The van der Waals surface area contributed by atoms with Crippen LogP contribution in [0.15, 0.2) is 42.7 Å². The molecule has 1 aromatic carbocycles. The molecule has 0 spiro atoms. The molecule has 22 heavy (non-hydrogen) atoms. The first-order valence-corrected chi connectivity index (χ1v) is 7.34. The van der Waals surface area contributed by atoms with Gasteiger partial charge in [-0.15, -0.1) is 0 Å². The van der Waals surface area contributed by atoms with E-state index < -0.39 is 6.04 Å². The van der Waals surface area contributed by atoms with Gasteiger partial charge in [-0.2, -0.15) is 5.10 Å². The average molecular weight is 302 g/mol. The number of urea groups is 1. The van der Waals surface area contributed by atoms with Crippen molar-refractivity contribution in [3.05, 3.63) is 48.3 Å². The number of hydrogen-bond donors (Lipinski definition) is 3. The zero-order valence-electron chi connectivity index (χ0n) is 12.9. The van der Waals surface area contributed by atoms with Crippen LogP contribution in [0.4, 0.5) is 10.5 Å². The molecule has 1 aromatic heterocycles. The number of hydrogen-bond acceptors (Lipinski definition) is 3. The Labute approximate surface area is 130 Å². The number of aliphatic hydroxyl groups excluding tert-OH is 1. The first-order valence-electron chi connectivity index (χ1n) is 7.34. The van der Waals surface area contributed by atoms with Crippen LogP contribution in [0.1, 0.15) is 25.5 Å². The summed E-state index contributed by atoms with van der Waals surface area (Å²) in [5.41, 5.74) is 1.48. The van der Waals surface area contributed by atoms with Crippen LogP contribution in [-0.2, 0) is 6.54 Å². The molecule has 1 heterocycles. The highest BCUT2D eigenvalue weighted by molar-refractivity contribution is 5.89. The van der Waals surface area contributed by atoms with Crippen molar-refractivity contribution in [2.24, 2.45) is 5.92 Å². The fourth-order valence-corrected chi connectivity index (χ4v) is 2.15. The van der Waals surface area contributed by atoms with Gasteiger partial charge in [0.05, 0.1) is 24.5 Å². The van der Waals surface area contributed by atoms with Crippen LogP contribution in [0.25, 0.3) is 0 Å². The van der Waals surface area contributed by atoms with Crippen LogP contribution < -0.4 is 10.6 Å². The average Bonchev–Trinajstić information content (AvgIpc) is 2.91. The number of aliphatic hydroxyl groups is 1. The highest BCUT2D eigenvalue weighted by atomic mass is 16.3. The summed E-state index contributed by atoms with van der Waals surface area (Å²) in [7, 11) is 0. The van der Waals surface area contributed by atoms with E-state index in [4.69, 9.17) is 0 Å². The zero-order chi connectivity index (χ0) is 15.9. The Morgan fingerprint density at radius 1 is 1.32 bits per heavy atom. The summed E-state index contributed by atoms with van der Waals surface area (Å²) < 4.78 is 1.79. The van der Waals surface area contributed by atoms with Gasteiger partial charge >= 0.3 is 6.03 Å². The van der Waals surface area contributed by atoms with Gasteiger partial charge in [0.2, 0.25) is 0 Å². The van der Waals surface area contributed by atoms with Crippen molar-refractivity contribution in [2.75, 3.05) is 11.9 Å². The van der Waals surface area contributed by atoms with Gasteiger partial charge in [-0.25, -0.2) is 4.79 Å². The predicted molar refractivity (Wildman–Crippen MR) is 85.5 cm³/mol. The number of aromatic nitrogens is 2. The summed E-state index contributed by atoms with van der Waals surface area (Å²) in [6, 6.07) is 8.55. The fourth-order valence-electron chi connectivity index (χ4n) is 2.15. The Balaban J connectivity index is 1.93. The predicted octanol–water partition coefficient (Wildman–Crippen LogP) is 2.39. The summed E-state index contributed by atoms with van der Waals surface area (Å²) in [4.78, 5) is 12.0. The molecule has 118 valence electrons. The molecule has 0 aliphatic carbocycles. The molecular formula is C16H22N4O2. The molecule has 1 atom stereocenters. The quantitative estimate of drug-likeness (QED) is 0.766. The second-order valence-corrected chi connectivity index (χ2v) is 5.59. The SMILES string of the molecule is CC(C)Cn1cc(NC(=O)NC(CO)c2ccccc2)cn1. The summed E-state index contributed by atoms with van der Waals surface area (Å²) in [5.74, 6) is 0.485. The van der Waals surface area contributed by atoms with E-state index in [1.807, 2.05) is 30.3 Å². The number of nitrogens with one attached hydrogen (secondary N) is 2. The lowest BCUT2D eigenvalue weighted by molar-refractivity contribution is 0.225. The highest BCUT2D eigenvalue weighted by Gasteiger charge is 2.13. The van der Waals surface area contributed by atoms with E-state index in [0.717, 1.165) is 12.1 Å². The third-order valence-corrected chi connectivity index (χ3v) is 3.13. The molecular weight excluding hydrogens is 280 g/mol. The van der Waals surface area contributed by atoms with Crippen molar-refractivity contribution in [3.63, 3.8) is 0 Å². The number of amides is 2. The molecule has 0 bridgehead atoms. The standard InChI is InChI=1S/C16H22N4O2/c1-12(2)9-20-10-14(8-17-20)18-16(22)19-15(11-21)13-6-4-3-5-7-13/h3-8,10,12,15,21H,9,11H2,1-2H3,(H2,18,19,22). The highest BCUT2D eigenvalue weighted by Crippen LogP contribution is 2.12. The van der Waals surface area contributed by atoms with Crippen molar-refractivity contribution >= 4 is 11.7 Å². The molecule has 3 N–H and O–H groups in total. The molecule has 0 saturated carbocycles. The largest absolute Gasteiger partial charge is 0.394 e. The molecule has 6 heteroatoms. The lowest BCUT2D eigenvalue weighted by atomic mass is 10.1. The topological polar surface area (TPSA) is 79.2 Å². The fraction of sp³-hybridized carbons (Fsp3) is 0.375. The number of rotatable bonds is 6. The van der Waals surface area contributed by atoms with E-state index in [9.17, 15) is 9.90 Å². The van der Waals surface area contributed by atoms with E-state index in [1.54, 1.807) is 17.1 Å². The number of nitrogens with zero attached hydrogens (tertiary/aromatic N) is 2. The third kappa shape index (κ3) is 4.60. The van der Waals surface area contributed by atoms with Gasteiger partial charge < -0.3 is 15.7 Å². The molecule has 0 fully saturated rings. The maximum Gasteiger partial charge on any atom is 0.319 e. The van der Waals surface area contributed by atoms with Gasteiger partial charge in [-0.05, 0) is 11.5 Å². The first-order chi connectivity index (χ1) is 10.6. The second kappa shape index (κ2) is 7.61. The van der Waals surface area contributed by atoms with Crippen LogP contribution in [0.2, 0.25) is 0 Å². The lowest BCUT2D eigenvalue weighted by Crippen LogP contribution is -2.34. The molecule has 2 aromatic rings. The van der Waals surface area contributed by atoms with E-state index in [0.29, 0.717) is 11.6 Å². The molecule has 0 radical (unpaired) electrons. The minimum atomic E-state index is -0.438. The van der Waals surface area contributed by atoms with Crippen LogP contribution >= 0.6 is 0 Å². The summed E-state index contributed by atoms with van der Waals surface area (Å²) >= 11 is 0. The smallest absolute Gasteiger partial charge is 0.319 e. The van der Waals surface area contributed by atoms with E-state index in [1.165, 1.54) is 0 Å². The van der Waals surface area contributed by atoms with Gasteiger partial charge in [-0.1, -0.05) is 44.2 Å². The van der Waals surface area contributed by atoms with Crippen molar-refractivity contribution < 1.29 is 9.90 Å². The van der Waals surface area contributed by atoms with Crippen LogP contribution in [0, 0.1) is 5.92 Å². The molecule has 0 aliphatic heterocycles.